The molecule has 0 aliphatic heterocycles. The van der Waals surface area contributed by atoms with Crippen molar-refractivity contribution in [2.75, 3.05) is 13.7 Å². The number of rotatable bonds is 8. The molecular formula is C16H23NO4. The molecule has 0 amide bonds. The van der Waals surface area contributed by atoms with Gasteiger partial charge in [0.2, 0.25) is 0 Å². The van der Waals surface area contributed by atoms with Crippen molar-refractivity contribution in [3.63, 3.8) is 0 Å². The molecule has 0 fully saturated rings. The zero-order valence-corrected chi connectivity index (χ0v) is 12.8. The molecule has 0 saturated carbocycles. The second kappa shape index (κ2) is 8.54. The average molecular weight is 293 g/mol. The maximum absolute atomic E-state index is 12.5. The largest absolute Gasteiger partial charge is 0.469 e. The second-order valence-electron chi connectivity index (χ2n) is 5.00. The first-order valence-electron chi connectivity index (χ1n) is 7.09. The van der Waals surface area contributed by atoms with Crippen molar-refractivity contribution in [1.29, 1.82) is 0 Å². The van der Waals surface area contributed by atoms with Gasteiger partial charge in [-0.15, -0.1) is 0 Å². The number of nitrogens with one attached hydrogen (secondary N) is 1. The number of esters is 1. The van der Waals surface area contributed by atoms with Crippen molar-refractivity contribution >= 4 is 11.8 Å². The van der Waals surface area contributed by atoms with Gasteiger partial charge in [0.1, 0.15) is 0 Å². The number of ketones is 1. The summed E-state index contributed by atoms with van der Waals surface area (Å²) in [5.41, 5.74) is 1.69. The van der Waals surface area contributed by atoms with E-state index in [0.29, 0.717) is 5.56 Å². The van der Waals surface area contributed by atoms with Crippen LogP contribution in [0.5, 0.6) is 0 Å². The van der Waals surface area contributed by atoms with Gasteiger partial charge < -0.3 is 15.2 Å². The molecule has 0 bridgehead atoms. The van der Waals surface area contributed by atoms with E-state index in [1.54, 1.807) is 19.1 Å². The SMILES string of the molecule is CCc1ccc(C(=O)C(CC(=O)OC)NCC(C)O)cc1. The first kappa shape index (κ1) is 17.3. The molecule has 1 aromatic rings. The molecule has 0 heterocycles. The van der Waals surface area contributed by atoms with Crippen molar-refractivity contribution in [2.24, 2.45) is 0 Å². The van der Waals surface area contributed by atoms with E-state index in [1.165, 1.54) is 7.11 Å². The Kier molecular flexibility index (Phi) is 7.05. The van der Waals surface area contributed by atoms with E-state index < -0.39 is 18.1 Å². The highest BCUT2D eigenvalue weighted by atomic mass is 16.5. The van der Waals surface area contributed by atoms with Gasteiger partial charge in [-0.2, -0.15) is 0 Å². The second-order valence-corrected chi connectivity index (χ2v) is 5.00. The van der Waals surface area contributed by atoms with Crippen molar-refractivity contribution in [3.05, 3.63) is 35.4 Å². The van der Waals surface area contributed by atoms with Crippen molar-refractivity contribution in [2.45, 2.75) is 38.8 Å². The summed E-state index contributed by atoms with van der Waals surface area (Å²) in [5, 5.41) is 12.2. The van der Waals surface area contributed by atoms with Crippen LogP contribution in [0.4, 0.5) is 0 Å². The van der Waals surface area contributed by atoms with E-state index in [4.69, 9.17) is 0 Å². The van der Waals surface area contributed by atoms with Crippen molar-refractivity contribution in [1.82, 2.24) is 5.32 Å². The number of aliphatic hydroxyl groups is 1. The summed E-state index contributed by atoms with van der Waals surface area (Å²) in [4.78, 5) is 23.9. The summed E-state index contributed by atoms with van der Waals surface area (Å²) in [6, 6.07) is 6.62. The summed E-state index contributed by atoms with van der Waals surface area (Å²) in [5.74, 6) is -0.639. The monoisotopic (exact) mass is 293 g/mol. The molecule has 0 aliphatic carbocycles. The summed E-state index contributed by atoms with van der Waals surface area (Å²) in [7, 11) is 1.29. The van der Waals surface area contributed by atoms with E-state index in [1.807, 2.05) is 19.1 Å². The molecule has 0 aliphatic rings. The standard InChI is InChI=1S/C16H23NO4/c1-4-12-5-7-13(8-6-12)16(20)14(9-15(19)21-3)17-10-11(2)18/h5-8,11,14,17-18H,4,9-10H2,1-3H3. The Morgan fingerprint density at radius 2 is 1.90 bits per heavy atom. The number of ether oxygens (including phenoxy) is 1. The van der Waals surface area contributed by atoms with Crippen LogP contribution in [-0.4, -0.2) is 42.7 Å². The molecule has 0 saturated heterocycles. The topological polar surface area (TPSA) is 75.6 Å². The molecule has 2 N–H and O–H groups in total. The van der Waals surface area contributed by atoms with Crippen LogP contribution < -0.4 is 5.32 Å². The molecule has 5 heteroatoms. The third-order valence-corrected chi connectivity index (χ3v) is 3.22. The first-order chi connectivity index (χ1) is 9.97. The molecule has 2 atom stereocenters. The fourth-order valence-electron chi connectivity index (χ4n) is 1.93. The fourth-order valence-corrected chi connectivity index (χ4v) is 1.93. The Bertz CT molecular complexity index is 468. The smallest absolute Gasteiger partial charge is 0.307 e. The molecule has 5 nitrogen and oxygen atoms in total. The van der Waals surface area contributed by atoms with E-state index in [2.05, 4.69) is 10.1 Å². The number of carbonyl (C=O) groups is 2. The molecule has 116 valence electrons. The highest BCUT2D eigenvalue weighted by Gasteiger charge is 2.23. The predicted molar refractivity (Wildman–Crippen MR) is 80.3 cm³/mol. The van der Waals surface area contributed by atoms with Crippen LogP contribution in [-0.2, 0) is 16.0 Å². The average Bonchev–Trinajstić information content (AvgIpc) is 2.50. The minimum atomic E-state index is -0.695. The van der Waals surface area contributed by atoms with Gasteiger partial charge >= 0.3 is 5.97 Å². The van der Waals surface area contributed by atoms with Crippen LogP contribution in [0.15, 0.2) is 24.3 Å². The maximum Gasteiger partial charge on any atom is 0.307 e. The number of Topliss-reactive ketones (excluding diaryl/α,β-unsaturated/α-hetero) is 1. The van der Waals surface area contributed by atoms with Gasteiger partial charge in [0.25, 0.3) is 0 Å². The molecule has 1 aromatic carbocycles. The van der Waals surface area contributed by atoms with Gasteiger partial charge in [-0.1, -0.05) is 31.2 Å². The van der Waals surface area contributed by atoms with E-state index >= 15 is 0 Å². The Hall–Kier alpha value is -1.72. The lowest BCUT2D eigenvalue weighted by Gasteiger charge is -2.18. The minimum Gasteiger partial charge on any atom is -0.469 e. The molecule has 21 heavy (non-hydrogen) atoms. The van der Waals surface area contributed by atoms with Gasteiger partial charge in [0, 0.05) is 12.1 Å². The number of carbonyl (C=O) groups excluding carboxylic acids is 2. The Morgan fingerprint density at radius 1 is 1.29 bits per heavy atom. The molecule has 0 radical (unpaired) electrons. The quantitative estimate of drug-likeness (QED) is 0.559. The lowest BCUT2D eigenvalue weighted by Crippen LogP contribution is -2.42. The lowest BCUT2D eigenvalue weighted by atomic mass is 9.99. The number of aryl methyl sites for hydroxylation is 1. The zero-order chi connectivity index (χ0) is 15.8. The fraction of sp³-hybridized carbons (Fsp3) is 0.500. The Morgan fingerprint density at radius 3 is 2.38 bits per heavy atom. The number of hydrogen-bond donors (Lipinski definition) is 2. The third-order valence-electron chi connectivity index (χ3n) is 3.22. The van der Waals surface area contributed by atoms with Gasteiger partial charge in [-0.05, 0) is 18.9 Å². The maximum atomic E-state index is 12.5. The van der Waals surface area contributed by atoms with Crippen molar-refractivity contribution in [3.8, 4) is 0 Å². The minimum absolute atomic E-state index is 0.0580. The third kappa shape index (κ3) is 5.65. The van der Waals surface area contributed by atoms with Crippen LogP contribution in [0.2, 0.25) is 0 Å². The summed E-state index contributed by atoms with van der Waals surface area (Å²) in [6.07, 6.45) is 0.248. The highest BCUT2D eigenvalue weighted by molar-refractivity contribution is 6.01. The van der Waals surface area contributed by atoms with Crippen LogP contribution in [0.25, 0.3) is 0 Å². The van der Waals surface area contributed by atoms with Crippen molar-refractivity contribution < 1.29 is 19.4 Å². The van der Waals surface area contributed by atoms with Gasteiger partial charge in [0.05, 0.1) is 25.7 Å². The molecular weight excluding hydrogens is 270 g/mol. The van der Waals surface area contributed by atoms with E-state index in [0.717, 1.165) is 12.0 Å². The number of aliphatic hydroxyl groups excluding tert-OH is 1. The van der Waals surface area contributed by atoms with Gasteiger partial charge in [-0.25, -0.2) is 0 Å². The number of methoxy groups -OCH3 is 1. The van der Waals surface area contributed by atoms with Crippen LogP contribution in [0, 0.1) is 0 Å². The molecule has 1 rings (SSSR count). The number of benzene rings is 1. The molecule has 0 aromatic heterocycles. The summed E-state index contributed by atoms with van der Waals surface area (Å²) in [6.45, 7) is 3.89. The normalized spacial score (nSPS) is 13.5. The first-order valence-corrected chi connectivity index (χ1v) is 7.09. The predicted octanol–water partition coefficient (Wildman–Crippen LogP) is 1.33. The van der Waals surface area contributed by atoms with E-state index in [-0.39, 0.29) is 18.7 Å². The molecule has 2 unspecified atom stereocenters. The molecule has 0 spiro atoms. The van der Waals surface area contributed by atoms with Crippen LogP contribution in [0.1, 0.15) is 36.2 Å². The summed E-state index contributed by atoms with van der Waals surface area (Å²) < 4.78 is 4.62. The van der Waals surface area contributed by atoms with Gasteiger partial charge in [0.15, 0.2) is 5.78 Å². The highest BCUT2D eigenvalue weighted by Crippen LogP contribution is 2.10. The zero-order valence-electron chi connectivity index (χ0n) is 12.8. The summed E-state index contributed by atoms with van der Waals surface area (Å²) >= 11 is 0. The number of hydrogen-bond acceptors (Lipinski definition) is 5. The lowest BCUT2D eigenvalue weighted by molar-refractivity contribution is -0.141. The Labute approximate surface area is 125 Å². The van der Waals surface area contributed by atoms with Crippen LogP contribution in [0.3, 0.4) is 0 Å². The van der Waals surface area contributed by atoms with Crippen LogP contribution >= 0.6 is 0 Å². The van der Waals surface area contributed by atoms with Gasteiger partial charge in [-0.3, -0.25) is 9.59 Å². The van der Waals surface area contributed by atoms with E-state index in [9.17, 15) is 14.7 Å². The Balaban J connectivity index is 2.83.